The largest absolute Gasteiger partial charge is 0.436 e. The molecule has 6 nitrogen and oxygen atoms in total. The number of carbonyl (C=O) groups excluding carboxylic acids is 1. The molecule has 4 N–H and O–H groups in total. The van der Waals surface area contributed by atoms with Gasteiger partial charge in [0.25, 0.3) is 5.91 Å². The van der Waals surface area contributed by atoms with Crippen molar-refractivity contribution in [2.24, 2.45) is 5.73 Å². The zero-order valence-corrected chi connectivity index (χ0v) is 9.89. The van der Waals surface area contributed by atoms with Gasteiger partial charge in [0.2, 0.25) is 5.88 Å². The van der Waals surface area contributed by atoms with Crippen LogP contribution in [0.15, 0.2) is 30.6 Å². The number of ether oxygens (including phenoxy) is 1. The van der Waals surface area contributed by atoms with E-state index in [0.29, 0.717) is 0 Å². The molecule has 1 aromatic carbocycles. The van der Waals surface area contributed by atoms with Gasteiger partial charge < -0.3 is 16.2 Å². The number of anilines is 1. The van der Waals surface area contributed by atoms with E-state index in [1.54, 1.807) is 18.2 Å². The predicted octanol–water partition coefficient (Wildman–Crippen LogP) is 1.60. The van der Waals surface area contributed by atoms with Crippen molar-refractivity contribution >= 4 is 23.2 Å². The number of nitrogens with zero attached hydrogens (tertiary/aromatic N) is 2. The second kappa shape index (κ2) is 4.89. The summed E-state index contributed by atoms with van der Waals surface area (Å²) in [5, 5.41) is 0.0801. The van der Waals surface area contributed by atoms with E-state index in [9.17, 15) is 4.79 Å². The smallest absolute Gasteiger partial charge is 0.252 e. The van der Waals surface area contributed by atoms with Gasteiger partial charge >= 0.3 is 0 Å². The molecule has 2 aromatic rings. The van der Waals surface area contributed by atoms with Crippen LogP contribution in [0, 0.1) is 0 Å². The van der Waals surface area contributed by atoms with Crippen molar-refractivity contribution in [1.82, 2.24) is 9.97 Å². The summed E-state index contributed by atoms with van der Waals surface area (Å²) >= 11 is 5.73. The number of nitrogen functional groups attached to an aromatic ring is 1. The van der Waals surface area contributed by atoms with Crippen LogP contribution in [0.3, 0.4) is 0 Å². The number of halogens is 1. The number of hydrogen-bond acceptors (Lipinski definition) is 5. The number of nitrogens with two attached hydrogens (primary N) is 2. The number of rotatable bonds is 3. The van der Waals surface area contributed by atoms with Crippen LogP contribution < -0.4 is 16.2 Å². The van der Waals surface area contributed by atoms with Crippen LogP contribution in [0.4, 0.5) is 5.69 Å². The zero-order valence-electron chi connectivity index (χ0n) is 9.13. The topological polar surface area (TPSA) is 104 Å². The molecule has 0 saturated carbocycles. The molecule has 0 bridgehead atoms. The fourth-order valence-electron chi connectivity index (χ4n) is 1.30. The lowest BCUT2D eigenvalue weighted by molar-refractivity contribution is 0.0998. The monoisotopic (exact) mass is 264 g/mol. The average molecular weight is 265 g/mol. The van der Waals surface area contributed by atoms with E-state index in [1.165, 1.54) is 12.4 Å². The van der Waals surface area contributed by atoms with Gasteiger partial charge in [-0.1, -0.05) is 23.7 Å². The number of primary amides is 1. The highest BCUT2D eigenvalue weighted by atomic mass is 35.5. The summed E-state index contributed by atoms with van der Waals surface area (Å²) in [6.45, 7) is 0. The van der Waals surface area contributed by atoms with E-state index in [0.717, 1.165) is 0 Å². The SMILES string of the molecule is NC(=O)c1ccccc1Oc1ncnc(Cl)c1N. The number of benzene rings is 1. The molecule has 0 unspecified atom stereocenters. The van der Waals surface area contributed by atoms with Crippen molar-refractivity contribution in [2.45, 2.75) is 0 Å². The van der Waals surface area contributed by atoms with Crippen LogP contribution in [-0.4, -0.2) is 15.9 Å². The average Bonchev–Trinajstić information content (AvgIpc) is 2.35. The van der Waals surface area contributed by atoms with E-state index in [2.05, 4.69) is 9.97 Å². The van der Waals surface area contributed by atoms with Crippen molar-refractivity contribution < 1.29 is 9.53 Å². The lowest BCUT2D eigenvalue weighted by Gasteiger charge is -2.09. The van der Waals surface area contributed by atoms with Gasteiger partial charge in [0, 0.05) is 0 Å². The molecule has 0 aliphatic heterocycles. The quantitative estimate of drug-likeness (QED) is 0.820. The van der Waals surface area contributed by atoms with Crippen LogP contribution in [0.2, 0.25) is 5.15 Å². The molecule has 1 amide bonds. The third-order valence-corrected chi connectivity index (χ3v) is 2.46. The Morgan fingerprint density at radius 1 is 1.28 bits per heavy atom. The highest BCUT2D eigenvalue weighted by Gasteiger charge is 2.13. The first-order chi connectivity index (χ1) is 8.59. The normalized spacial score (nSPS) is 10.1. The summed E-state index contributed by atoms with van der Waals surface area (Å²) in [4.78, 5) is 18.8. The van der Waals surface area contributed by atoms with Crippen LogP contribution in [0.5, 0.6) is 11.6 Å². The number of hydrogen-bond donors (Lipinski definition) is 2. The van der Waals surface area contributed by atoms with E-state index in [4.69, 9.17) is 27.8 Å². The maximum Gasteiger partial charge on any atom is 0.252 e. The minimum atomic E-state index is -0.607. The van der Waals surface area contributed by atoms with Crippen LogP contribution in [0.25, 0.3) is 0 Å². The van der Waals surface area contributed by atoms with E-state index in [-0.39, 0.29) is 28.0 Å². The summed E-state index contributed by atoms with van der Waals surface area (Å²) < 4.78 is 5.42. The van der Waals surface area contributed by atoms with Gasteiger partial charge in [-0.05, 0) is 12.1 Å². The summed E-state index contributed by atoms with van der Waals surface area (Å²) in [7, 11) is 0. The molecule has 1 heterocycles. The van der Waals surface area contributed by atoms with Crippen molar-refractivity contribution in [3.05, 3.63) is 41.3 Å². The minimum absolute atomic E-state index is 0.0729. The molecule has 0 radical (unpaired) electrons. The fraction of sp³-hybridized carbons (Fsp3) is 0. The number of carbonyl (C=O) groups is 1. The number of amides is 1. The van der Waals surface area contributed by atoms with Crippen molar-refractivity contribution in [3.8, 4) is 11.6 Å². The van der Waals surface area contributed by atoms with Gasteiger partial charge in [-0.3, -0.25) is 4.79 Å². The van der Waals surface area contributed by atoms with Crippen LogP contribution in [-0.2, 0) is 0 Å². The third kappa shape index (κ3) is 2.33. The lowest BCUT2D eigenvalue weighted by Crippen LogP contribution is -2.12. The number of aromatic nitrogens is 2. The molecular formula is C11H9ClN4O2. The predicted molar refractivity (Wildman–Crippen MR) is 66.5 cm³/mol. The van der Waals surface area contributed by atoms with Crippen LogP contribution in [0.1, 0.15) is 10.4 Å². The Morgan fingerprint density at radius 2 is 2.00 bits per heavy atom. The van der Waals surface area contributed by atoms with E-state index < -0.39 is 5.91 Å². The van der Waals surface area contributed by atoms with Crippen molar-refractivity contribution in [3.63, 3.8) is 0 Å². The number of para-hydroxylation sites is 1. The molecule has 0 aliphatic carbocycles. The van der Waals surface area contributed by atoms with Gasteiger partial charge in [0.1, 0.15) is 17.8 Å². The summed E-state index contributed by atoms with van der Waals surface area (Å²) in [5.41, 5.74) is 11.2. The molecule has 1 aromatic heterocycles. The Kier molecular flexibility index (Phi) is 3.29. The van der Waals surface area contributed by atoms with Gasteiger partial charge in [0.15, 0.2) is 5.15 Å². The first-order valence-corrected chi connectivity index (χ1v) is 5.30. The molecule has 2 rings (SSSR count). The molecule has 0 aliphatic rings. The molecule has 18 heavy (non-hydrogen) atoms. The van der Waals surface area contributed by atoms with Crippen LogP contribution >= 0.6 is 11.6 Å². The molecular weight excluding hydrogens is 256 g/mol. The molecule has 92 valence electrons. The minimum Gasteiger partial charge on any atom is -0.436 e. The van der Waals surface area contributed by atoms with Crippen molar-refractivity contribution in [2.75, 3.05) is 5.73 Å². The third-order valence-electron chi connectivity index (χ3n) is 2.16. The lowest BCUT2D eigenvalue weighted by atomic mass is 10.2. The summed E-state index contributed by atoms with van der Waals surface area (Å²) in [6, 6.07) is 6.48. The maximum atomic E-state index is 11.2. The summed E-state index contributed by atoms with van der Waals surface area (Å²) in [6.07, 6.45) is 1.21. The van der Waals surface area contributed by atoms with Crippen molar-refractivity contribution in [1.29, 1.82) is 0 Å². The van der Waals surface area contributed by atoms with E-state index >= 15 is 0 Å². The molecule has 0 fully saturated rings. The highest BCUT2D eigenvalue weighted by molar-refractivity contribution is 6.32. The maximum absolute atomic E-state index is 11.2. The van der Waals surface area contributed by atoms with E-state index in [1.807, 2.05) is 0 Å². The highest BCUT2D eigenvalue weighted by Crippen LogP contribution is 2.30. The Morgan fingerprint density at radius 3 is 2.72 bits per heavy atom. The Labute approximate surface area is 108 Å². The standard InChI is InChI=1S/C11H9ClN4O2/c12-9-8(13)11(16-5-15-9)18-7-4-2-1-3-6(7)10(14)17/h1-5H,13H2,(H2,14,17). The molecule has 0 saturated heterocycles. The Bertz CT molecular complexity index is 603. The fourth-order valence-corrected chi connectivity index (χ4v) is 1.43. The summed E-state index contributed by atoms with van der Waals surface area (Å²) in [5.74, 6) is -0.278. The van der Waals surface area contributed by atoms with Gasteiger partial charge in [-0.25, -0.2) is 4.98 Å². The molecule has 0 atom stereocenters. The van der Waals surface area contributed by atoms with Gasteiger partial charge in [-0.2, -0.15) is 4.98 Å². The molecule has 0 spiro atoms. The molecule has 7 heteroatoms. The van der Waals surface area contributed by atoms with Gasteiger partial charge in [-0.15, -0.1) is 0 Å². The second-order valence-electron chi connectivity index (χ2n) is 3.35. The Balaban J connectivity index is 2.40. The second-order valence-corrected chi connectivity index (χ2v) is 3.70. The first kappa shape index (κ1) is 12.1. The zero-order chi connectivity index (χ0) is 13.1. The Hall–Kier alpha value is -2.34. The first-order valence-electron chi connectivity index (χ1n) is 4.92. The van der Waals surface area contributed by atoms with Gasteiger partial charge in [0.05, 0.1) is 5.56 Å².